The lowest BCUT2D eigenvalue weighted by Gasteiger charge is -2.27. The zero-order valence-electron chi connectivity index (χ0n) is 13.1. The molecule has 0 aliphatic heterocycles. The molecule has 1 fully saturated rings. The summed E-state index contributed by atoms with van der Waals surface area (Å²) < 4.78 is 0. The minimum Gasteiger partial charge on any atom is -0.175 e. The van der Waals surface area contributed by atoms with Gasteiger partial charge in [-0.05, 0) is 49.2 Å². The molecule has 0 atom stereocenters. The van der Waals surface area contributed by atoms with Gasteiger partial charge < -0.3 is 0 Å². The molecule has 2 heteroatoms. The first kappa shape index (κ1) is 14.6. The Morgan fingerprint density at radius 3 is 1.22 bits per heavy atom. The predicted molar refractivity (Wildman–Crippen MR) is 101 cm³/mol. The maximum Gasteiger partial charge on any atom is 0.178 e. The first-order valence-electron chi connectivity index (χ1n) is 8.23. The van der Waals surface area contributed by atoms with Gasteiger partial charge in [-0.25, -0.2) is 0 Å². The van der Waals surface area contributed by atoms with Gasteiger partial charge in [0.05, 0.1) is 0 Å². The van der Waals surface area contributed by atoms with Crippen molar-refractivity contribution in [3.8, 4) is 0 Å². The first-order valence-corrected chi connectivity index (χ1v) is 10.0. The zero-order chi connectivity index (χ0) is 15.5. The topological polar surface area (TPSA) is 12.0 Å². The van der Waals surface area contributed by atoms with E-state index in [1.165, 1.54) is 28.8 Å². The highest BCUT2D eigenvalue weighted by atomic mass is 31.2. The molecule has 0 heterocycles. The normalized spacial score (nSPS) is 14.6. The third-order valence-corrected chi connectivity index (χ3v) is 8.35. The van der Waals surface area contributed by atoms with Crippen LogP contribution in [0.3, 0.4) is 0 Å². The van der Waals surface area contributed by atoms with Crippen molar-refractivity contribution in [1.82, 2.24) is 5.09 Å². The lowest BCUT2D eigenvalue weighted by Crippen LogP contribution is -2.41. The molecule has 1 aliphatic carbocycles. The van der Waals surface area contributed by atoms with Gasteiger partial charge in [0.15, 0.2) is 7.41 Å². The van der Waals surface area contributed by atoms with Crippen LogP contribution in [0.25, 0.3) is 0 Å². The maximum absolute atomic E-state index is 4.06. The second-order valence-corrected chi connectivity index (χ2v) is 9.23. The van der Waals surface area contributed by atoms with Gasteiger partial charge in [-0.1, -0.05) is 54.6 Å². The van der Waals surface area contributed by atoms with Crippen molar-refractivity contribution in [3.05, 3.63) is 91.0 Å². The molecule has 0 unspecified atom stereocenters. The van der Waals surface area contributed by atoms with E-state index in [4.69, 9.17) is 0 Å². The Bertz CT molecular complexity index is 655. The van der Waals surface area contributed by atoms with Gasteiger partial charge in [-0.15, -0.1) is 0 Å². The van der Waals surface area contributed by atoms with Crippen molar-refractivity contribution in [1.29, 1.82) is 0 Å². The van der Waals surface area contributed by atoms with Crippen molar-refractivity contribution in [2.75, 3.05) is 0 Å². The maximum atomic E-state index is 4.06. The SMILES string of the molecule is c1ccc([P+](NC2CC2)(c2ccccc2)c2ccccc2)cc1. The van der Waals surface area contributed by atoms with Crippen LogP contribution in [0.15, 0.2) is 91.0 Å². The number of nitrogens with one attached hydrogen (secondary N) is 1. The van der Waals surface area contributed by atoms with E-state index in [9.17, 15) is 0 Å². The smallest absolute Gasteiger partial charge is 0.175 e. The minimum atomic E-state index is -1.80. The van der Waals surface area contributed by atoms with Crippen LogP contribution in [0.2, 0.25) is 0 Å². The predicted octanol–water partition coefficient (Wildman–Crippen LogP) is 3.65. The summed E-state index contributed by atoms with van der Waals surface area (Å²) in [5.74, 6) is 0. The molecule has 3 aromatic carbocycles. The third kappa shape index (κ3) is 2.83. The third-order valence-electron chi connectivity index (χ3n) is 4.38. The summed E-state index contributed by atoms with van der Waals surface area (Å²) >= 11 is 0. The highest BCUT2D eigenvalue weighted by Crippen LogP contribution is 2.53. The summed E-state index contributed by atoms with van der Waals surface area (Å²) in [6, 6.07) is 33.6. The molecule has 1 saturated carbocycles. The fourth-order valence-electron chi connectivity index (χ4n) is 3.11. The molecule has 0 radical (unpaired) electrons. The van der Waals surface area contributed by atoms with Crippen molar-refractivity contribution in [2.24, 2.45) is 0 Å². The van der Waals surface area contributed by atoms with Crippen LogP contribution in [0, 0.1) is 0 Å². The Kier molecular flexibility index (Phi) is 3.99. The van der Waals surface area contributed by atoms with Crippen LogP contribution in [-0.2, 0) is 0 Å². The largest absolute Gasteiger partial charge is 0.178 e. The number of benzene rings is 3. The highest BCUT2D eigenvalue weighted by Gasteiger charge is 2.49. The average Bonchev–Trinajstić information content (AvgIpc) is 3.46. The van der Waals surface area contributed by atoms with Crippen molar-refractivity contribution < 1.29 is 0 Å². The van der Waals surface area contributed by atoms with E-state index < -0.39 is 7.41 Å². The second-order valence-electron chi connectivity index (χ2n) is 6.08. The Balaban J connectivity index is 1.97. The molecule has 3 aromatic rings. The van der Waals surface area contributed by atoms with E-state index >= 15 is 0 Å². The fourth-order valence-corrected chi connectivity index (χ4v) is 7.12. The number of rotatable bonds is 5. The molecule has 1 aliphatic rings. The van der Waals surface area contributed by atoms with E-state index in [1.54, 1.807) is 0 Å². The molecule has 0 bridgehead atoms. The van der Waals surface area contributed by atoms with E-state index in [-0.39, 0.29) is 0 Å². The van der Waals surface area contributed by atoms with Crippen LogP contribution in [0.5, 0.6) is 0 Å². The molecule has 4 rings (SSSR count). The molecule has 0 amide bonds. The average molecular weight is 318 g/mol. The molecule has 1 N–H and O–H groups in total. The fraction of sp³-hybridized carbons (Fsp3) is 0.143. The molecule has 23 heavy (non-hydrogen) atoms. The van der Waals surface area contributed by atoms with Gasteiger partial charge in [0.1, 0.15) is 15.9 Å². The van der Waals surface area contributed by atoms with Crippen molar-refractivity contribution >= 4 is 23.3 Å². The zero-order valence-corrected chi connectivity index (χ0v) is 14.0. The number of hydrogen-bond acceptors (Lipinski definition) is 1. The summed E-state index contributed by atoms with van der Waals surface area (Å²) in [6.45, 7) is 0. The first-order chi connectivity index (χ1) is 11.4. The lowest BCUT2D eigenvalue weighted by atomic mass is 10.4. The Morgan fingerprint density at radius 2 is 0.913 bits per heavy atom. The van der Waals surface area contributed by atoms with Crippen molar-refractivity contribution in [3.63, 3.8) is 0 Å². The molecule has 114 valence electrons. The summed E-state index contributed by atoms with van der Waals surface area (Å²) in [4.78, 5) is 0. The van der Waals surface area contributed by atoms with Gasteiger partial charge in [0.2, 0.25) is 0 Å². The van der Waals surface area contributed by atoms with Crippen LogP contribution in [-0.4, -0.2) is 6.04 Å². The quantitative estimate of drug-likeness (QED) is 0.708. The summed E-state index contributed by atoms with van der Waals surface area (Å²) in [5, 5.41) is 8.28. The Morgan fingerprint density at radius 1 is 0.565 bits per heavy atom. The molecule has 1 nitrogen and oxygen atoms in total. The van der Waals surface area contributed by atoms with Gasteiger partial charge in [0.25, 0.3) is 0 Å². The van der Waals surface area contributed by atoms with E-state index in [1.807, 2.05) is 0 Å². The van der Waals surface area contributed by atoms with E-state index in [0.717, 1.165) is 0 Å². The molecular formula is C21H21NP+. The van der Waals surface area contributed by atoms with Gasteiger partial charge in [-0.2, -0.15) is 5.09 Å². The summed E-state index contributed by atoms with van der Waals surface area (Å²) in [7, 11) is -1.80. The summed E-state index contributed by atoms with van der Waals surface area (Å²) in [5.41, 5.74) is 0. The lowest BCUT2D eigenvalue weighted by molar-refractivity contribution is 0.955. The van der Waals surface area contributed by atoms with Crippen LogP contribution in [0.4, 0.5) is 0 Å². The van der Waals surface area contributed by atoms with E-state index in [2.05, 4.69) is 96.1 Å². The second kappa shape index (κ2) is 6.28. The van der Waals surface area contributed by atoms with Crippen LogP contribution >= 0.6 is 7.41 Å². The Hall–Kier alpha value is -1.95. The molecule has 0 spiro atoms. The molecular weight excluding hydrogens is 297 g/mol. The summed E-state index contributed by atoms with van der Waals surface area (Å²) in [6.07, 6.45) is 2.57. The van der Waals surface area contributed by atoms with Gasteiger partial charge in [-0.3, -0.25) is 0 Å². The monoisotopic (exact) mass is 318 g/mol. The van der Waals surface area contributed by atoms with Crippen molar-refractivity contribution in [2.45, 2.75) is 18.9 Å². The molecule has 0 aromatic heterocycles. The van der Waals surface area contributed by atoms with Crippen LogP contribution < -0.4 is 21.0 Å². The number of hydrogen-bond donors (Lipinski definition) is 1. The van der Waals surface area contributed by atoms with E-state index in [0.29, 0.717) is 6.04 Å². The van der Waals surface area contributed by atoms with Crippen LogP contribution in [0.1, 0.15) is 12.8 Å². The minimum absolute atomic E-state index is 0.643. The van der Waals surface area contributed by atoms with Gasteiger partial charge >= 0.3 is 0 Å². The molecule has 0 saturated heterocycles. The standard InChI is InChI=1S/C21H21NP/c1-4-10-19(11-5-1)23(22-18-16-17-18,20-12-6-2-7-13-20)21-14-8-3-9-15-21/h1-15,18,22H,16-17H2/q+1. The highest BCUT2D eigenvalue weighted by molar-refractivity contribution is 7.94. The Labute approximate surface area is 138 Å². The van der Waals surface area contributed by atoms with Gasteiger partial charge in [0, 0.05) is 6.04 Å².